The van der Waals surface area contributed by atoms with Crippen LogP contribution < -0.4 is 14.9 Å². The van der Waals surface area contributed by atoms with Crippen LogP contribution in [0.5, 0.6) is 0 Å². The average Bonchev–Trinajstić information content (AvgIpc) is 3.06. The Labute approximate surface area is 179 Å². The molecule has 30 heavy (non-hydrogen) atoms. The van der Waals surface area contributed by atoms with Crippen molar-refractivity contribution in [2.75, 3.05) is 18.0 Å². The predicted octanol–water partition coefficient (Wildman–Crippen LogP) is 2.59. The fourth-order valence-electron chi connectivity index (χ4n) is 4.59. The standard InChI is InChI=1S/C22H33N3O4S/c1-4-11-23-22(27)18-7-5-17(6-8-18)14-24-30(28,29)20-9-10-21-19(13-20)12-15(2)25(21)16(3)26/h9-10,13,15,17-18,24H,4-8,11-12,14H2,1-3H3,(H,23,27)/t15-,17?,18?/m1/s1. The molecule has 2 aliphatic rings. The Morgan fingerprint density at radius 2 is 1.87 bits per heavy atom. The number of benzene rings is 1. The molecule has 1 fully saturated rings. The third-order valence-corrected chi connectivity index (χ3v) is 7.67. The lowest BCUT2D eigenvalue weighted by molar-refractivity contribution is -0.126. The number of sulfonamides is 1. The average molecular weight is 436 g/mol. The molecule has 0 spiro atoms. The Bertz CT molecular complexity index is 892. The molecule has 2 amide bonds. The topological polar surface area (TPSA) is 95.6 Å². The molecule has 2 N–H and O–H groups in total. The third kappa shape index (κ3) is 5.03. The number of carbonyl (C=O) groups is 2. The molecule has 1 aromatic rings. The normalized spacial score (nSPS) is 23.8. The van der Waals surface area contributed by atoms with Gasteiger partial charge in [0.1, 0.15) is 0 Å². The first-order valence-electron chi connectivity index (χ1n) is 10.9. The zero-order chi connectivity index (χ0) is 21.9. The second kappa shape index (κ2) is 9.47. The summed E-state index contributed by atoms with van der Waals surface area (Å²) in [6, 6.07) is 5.03. The van der Waals surface area contributed by atoms with Crippen molar-refractivity contribution in [3.63, 3.8) is 0 Å². The second-order valence-corrected chi connectivity index (χ2v) is 10.4. The Hall–Kier alpha value is -1.93. The highest BCUT2D eigenvalue weighted by molar-refractivity contribution is 7.89. The van der Waals surface area contributed by atoms with Gasteiger partial charge in [0.05, 0.1) is 4.90 Å². The molecular weight excluding hydrogens is 402 g/mol. The van der Waals surface area contributed by atoms with Crippen LogP contribution in [0.4, 0.5) is 5.69 Å². The Kier molecular flexibility index (Phi) is 7.18. The van der Waals surface area contributed by atoms with Crippen LogP contribution in [0.1, 0.15) is 58.4 Å². The summed E-state index contributed by atoms with van der Waals surface area (Å²) in [4.78, 5) is 25.9. The summed E-state index contributed by atoms with van der Waals surface area (Å²) in [6.45, 7) is 6.62. The van der Waals surface area contributed by atoms with Gasteiger partial charge >= 0.3 is 0 Å². The van der Waals surface area contributed by atoms with E-state index in [9.17, 15) is 18.0 Å². The van der Waals surface area contributed by atoms with E-state index in [1.165, 1.54) is 6.92 Å². The van der Waals surface area contributed by atoms with Crippen LogP contribution in [0.15, 0.2) is 23.1 Å². The summed E-state index contributed by atoms with van der Waals surface area (Å²) in [7, 11) is -3.61. The zero-order valence-corrected chi connectivity index (χ0v) is 18.9. The van der Waals surface area contributed by atoms with Crippen LogP contribution in [0.3, 0.4) is 0 Å². The number of carbonyl (C=O) groups excluding carboxylic acids is 2. The fraction of sp³-hybridized carbons (Fsp3) is 0.636. The molecule has 0 bridgehead atoms. The first-order valence-corrected chi connectivity index (χ1v) is 12.4. The summed E-state index contributed by atoms with van der Waals surface area (Å²) in [5, 5.41) is 2.95. The van der Waals surface area contributed by atoms with E-state index in [1.54, 1.807) is 23.1 Å². The number of hydrogen-bond donors (Lipinski definition) is 2. The van der Waals surface area contributed by atoms with Gasteiger partial charge < -0.3 is 10.2 Å². The highest BCUT2D eigenvalue weighted by Gasteiger charge is 2.31. The van der Waals surface area contributed by atoms with Gasteiger partial charge in [-0.15, -0.1) is 0 Å². The molecule has 0 aromatic heterocycles. The largest absolute Gasteiger partial charge is 0.356 e. The monoisotopic (exact) mass is 435 g/mol. The summed E-state index contributed by atoms with van der Waals surface area (Å²) in [5.74, 6) is 0.391. The molecule has 0 saturated heterocycles. The Morgan fingerprint density at radius 3 is 2.50 bits per heavy atom. The Morgan fingerprint density at radius 1 is 1.17 bits per heavy atom. The molecule has 1 heterocycles. The van der Waals surface area contributed by atoms with Crippen molar-refractivity contribution in [1.29, 1.82) is 0 Å². The number of fused-ring (bicyclic) bond motifs is 1. The van der Waals surface area contributed by atoms with Gasteiger partial charge in [0.2, 0.25) is 21.8 Å². The summed E-state index contributed by atoms with van der Waals surface area (Å²) >= 11 is 0. The van der Waals surface area contributed by atoms with Crippen molar-refractivity contribution >= 4 is 27.5 Å². The highest BCUT2D eigenvalue weighted by atomic mass is 32.2. The number of anilines is 1. The van der Waals surface area contributed by atoms with E-state index in [4.69, 9.17) is 0 Å². The predicted molar refractivity (Wildman–Crippen MR) is 117 cm³/mol. The molecule has 1 aliphatic heterocycles. The van der Waals surface area contributed by atoms with Crippen LogP contribution >= 0.6 is 0 Å². The van der Waals surface area contributed by atoms with E-state index in [-0.39, 0.29) is 34.6 Å². The maximum absolute atomic E-state index is 12.8. The van der Waals surface area contributed by atoms with Crippen molar-refractivity contribution in [3.05, 3.63) is 23.8 Å². The SMILES string of the molecule is CCCNC(=O)C1CCC(CNS(=O)(=O)c2ccc3c(c2)C[C@@H](C)N3C(C)=O)CC1. The quantitative estimate of drug-likeness (QED) is 0.688. The Balaban J connectivity index is 1.56. The lowest BCUT2D eigenvalue weighted by Gasteiger charge is -2.27. The highest BCUT2D eigenvalue weighted by Crippen LogP contribution is 2.34. The van der Waals surface area contributed by atoms with Crippen LogP contribution in [-0.2, 0) is 26.0 Å². The van der Waals surface area contributed by atoms with E-state index in [0.29, 0.717) is 19.5 Å². The lowest BCUT2D eigenvalue weighted by atomic mass is 9.81. The molecule has 1 aliphatic carbocycles. The van der Waals surface area contributed by atoms with Gasteiger partial charge in [0.25, 0.3) is 0 Å². The molecule has 7 nitrogen and oxygen atoms in total. The van der Waals surface area contributed by atoms with Gasteiger partial charge in [0, 0.05) is 37.7 Å². The van der Waals surface area contributed by atoms with Gasteiger partial charge in [-0.25, -0.2) is 13.1 Å². The van der Waals surface area contributed by atoms with Gasteiger partial charge in [0.15, 0.2) is 0 Å². The number of hydrogen-bond acceptors (Lipinski definition) is 4. The molecule has 3 rings (SSSR count). The van der Waals surface area contributed by atoms with Gasteiger partial charge in [-0.1, -0.05) is 6.92 Å². The first kappa shape index (κ1) is 22.7. The van der Waals surface area contributed by atoms with Crippen molar-refractivity contribution < 1.29 is 18.0 Å². The minimum atomic E-state index is -3.61. The van der Waals surface area contributed by atoms with Gasteiger partial charge in [-0.3, -0.25) is 9.59 Å². The van der Waals surface area contributed by atoms with E-state index in [2.05, 4.69) is 10.0 Å². The molecule has 0 radical (unpaired) electrons. The summed E-state index contributed by atoms with van der Waals surface area (Å²) < 4.78 is 28.4. The van der Waals surface area contributed by atoms with Crippen molar-refractivity contribution in [1.82, 2.24) is 10.0 Å². The molecule has 1 aromatic carbocycles. The summed E-state index contributed by atoms with van der Waals surface area (Å²) in [6.07, 6.45) is 4.89. The lowest BCUT2D eigenvalue weighted by Crippen LogP contribution is -2.36. The second-order valence-electron chi connectivity index (χ2n) is 8.59. The van der Waals surface area contributed by atoms with Gasteiger partial charge in [-0.05, 0) is 75.1 Å². The van der Waals surface area contributed by atoms with E-state index in [0.717, 1.165) is 43.4 Å². The van der Waals surface area contributed by atoms with Crippen molar-refractivity contribution in [3.8, 4) is 0 Å². The molecule has 166 valence electrons. The van der Waals surface area contributed by atoms with Crippen molar-refractivity contribution in [2.45, 2.75) is 70.2 Å². The first-order chi connectivity index (χ1) is 14.2. The molecule has 1 atom stereocenters. The fourth-order valence-corrected chi connectivity index (χ4v) is 5.75. The number of amides is 2. The zero-order valence-electron chi connectivity index (χ0n) is 18.1. The minimum absolute atomic E-state index is 0.0334. The van der Waals surface area contributed by atoms with Crippen LogP contribution in [0.2, 0.25) is 0 Å². The van der Waals surface area contributed by atoms with Crippen molar-refractivity contribution in [2.24, 2.45) is 11.8 Å². The molecular formula is C22H33N3O4S. The van der Waals surface area contributed by atoms with Gasteiger partial charge in [-0.2, -0.15) is 0 Å². The maximum Gasteiger partial charge on any atom is 0.240 e. The van der Waals surface area contributed by atoms with E-state index < -0.39 is 10.0 Å². The van der Waals surface area contributed by atoms with E-state index in [1.807, 2.05) is 13.8 Å². The number of rotatable bonds is 7. The van der Waals surface area contributed by atoms with Crippen LogP contribution in [0.25, 0.3) is 0 Å². The molecule has 1 saturated carbocycles. The third-order valence-electron chi connectivity index (χ3n) is 6.24. The van der Waals surface area contributed by atoms with E-state index >= 15 is 0 Å². The number of nitrogens with zero attached hydrogens (tertiary/aromatic N) is 1. The van der Waals surface area contributed by atoms with Crippen LogP contribution in [-0.4, -0.2) is 39.4 Å². The molecule has 8 heteroatoms. The molecule has 0 unspecified atom stereocenters. The number of nitrogens with one attached hydrogen (secondary N) is 2. The summed E-state index contributed by atoms with van der Waals surface area (Å²) in [5.41, 5.74) is 1.69. The maximum atomic E-state index is 12.8. The van der Waals surface area contributed by atoms with Crippen LogP contribution in [0, 0.1) is 11.8 Å². The smallest absolute Gasteiger partial charge is 0.240 e. The minimum Gasteiger partial charge on any atom is -0.356 e.